The van der Waals surface area contributed by atoms with Gasteiger partial charge in [-0.2, -0.15) is 0 Å². The van der Waals surface area contributed by atoms with Crippen molar-refractivity contribution in [1.29, 1.82) is 0 Å². The van der Waals surface area contributed by atoms with Crippen LogP contribution in [0.1, 0.15) is 43.2 Å². The van der Waals surface area contributed by atoms with Gasteiger partial charge in [-0.05, 0) is 42.2 Å². The highest BCUT2D eigenvalue weighted by Gasteiger charge is 2.43. The van der Waals surface area contributed by atoms with Gasteiger partial charge in [-0.3, -0.25) is 0 Å². The topological polar surface area (TPSA) is 0 Å². The van der Waals surface area contributed by atoms with Gasteiger partial charge in [-0.1, -0.05) is 37.6 Å². The largest absolute Gasteiger partial charge is 0.0651 e. The minimum atomic E-state index is 0.782. The van der Waals surface area contributed by atoms with Crippen LogP contribution < -0.4 is 0 Å². The number of rotatable bonds is 1. The van der Waals surface area contributed by atoms with E-state index in [-0.39, 0.29) is 0 Å². The van der Waals surface area contributed by atoms with Crippen molar-refractivity contribution >= 4 is 0 Å². The summed E-state index contributed by atoms with van der Waals surface area (Å²) in [6.45, 7) is 2.31. The van der Waals surface area contributed by atoms with Crippen molar-refractivity contribution in [3.8, 4) is 0 Å². The van der Waals surface area contributed by atoms with Crippen LogP contribution in [0, 0.1) is 18.3 Å². The maximum atomic E-state index is 2.53. The van der Waals surface area contributed by atoms with E-state index in [0.717, 1.165) is 11.8 Å². The highest BCUT2D eigenvalue weighted by Crippen LogP contribution is 2.56. The Labute approximate surface area is 86.3 Å². The summed E-state index contributed by atoms with van der Waals surface area (Å²) in [7, 11) is 0. The number of hydrogen-bond donors (Lipinski definition) is 0. The molecule has 0 nitrogen and oxygen atoms in total. The van der Waals surface area contributed by atoms with Crippen LogP contribution in [0.2, 0.25) is 0 Å². The molecule has 1 saturated carbocycles. The molecule has 1 aromatic carbocycles. The summed E-state index contributed by atoms with van der Waals surface area (Å²) in [6, 6.07) is 8.95. The van der Waals surface area contributed by atoms with E-state index in [0.29, 0.717) is 0 Å². The molecule has 0 heterocycles. The normalized spacial score (nSPS) is 30.4. The molecule has 1 aromatic rings. The van der Waals surface area contributed by atoms with E-state index in [1.54, 1.807) is 17.0 Å². The molecular formula is C14H16. The third-order valence-electron chi connectivity index (χ3n) is 3.80. The lowest BCUT2D eigenvalue weighted by Gasteiger charge is -2.47. The molecule has 3 rings (SSSR count). The summed E-state index contributed by atoms with van der Waals surface area (Å²) in [6.07, 6.45) is 6.42. The molecule has 2 aliphatic carbocycles. The minimum absolute atomic E-state index is 0.782. The Bertz CT molecular complexity index is 340. The Morgan fingerprint density at radius 3 is 3.00 bits per heavy atom. The molecule has 2 aliphatic rings. The lowest BCUT2D eigenvalue weighted by molar-refractivity contribution is 0.381. The fourth-order valence-corrected chi connectivity index (χ4v) is 3.11. The number of benzene rings is 1. The molecule has 0 amide bonds. The average molecular weight is 184 g/mol. The Morgan fingerprint density at radius 2 is 2.14 bits per heavy atom. The van der Waals surface area contributed by atoms with Gasteiger partial charge in [0.1, 0.15) is 0 Å². The van der Waals surface area contributed by atoms with E-state index in [9.17, 15) is 0 Å². The van der Waals surface area contributed by atoms with E-state index < -0.39 is 0 Å². The van der Waals surface area contributed by atoms with E-state index in [1.165, 1.54) is 19.3 Å². The second kappa shape index (κ2) is 3.12. The second-order valence-corrected chi connectivity index (χ2v) is 4.44. The van der Waals surface area contributed by atoms with Crippen molar-refractivity contribution in [2.75, 3.05) is 0 Å². The van der Waals surface area contributed by atoms with Gasteiger partial charge in [0.05, 0.1) is 0 Å². The summed E-state index contributed by atoms with van der Waals surface area (Å²) >= 11 is 0. The first-order valence-corrected chi connectivity index (χ1v) is 5.70. The van der Waals surface area contributed by atoms with Crippen LogP contribution in [0.25, 0.3) is 0 Å². The van der Waals surface area contributed by atoms with Gasteiger partial charge in [-0.15, -0.1) is 0 Å². The van der Waals surface area contributed by atoms with E-state index in [2.05, 4.69) is 37.6 Å². The molecule has 14 heavy (non-hydrogen) atoms. The fourth-order valence-electron chi connectivity index (χ4n) is 3.11. The second-order valence-electron chi connectivity index (χ2n) is 4.44. The van der Waals surface area contributed by atoms with Crippen LogP contribution in [0.4, 0.5) is 0 Å². The van der Waals surface area contributed by atoms with Crippen molar-refractivity contribution < 1.29 is 0 Å². The molecule has 2 radical (unpaired) electrons. The molecule has 0 spiro atoms. The standard InChI is InChI=1S/C14H16/c1-2-10-6-5-9-13-11-7-3-4-8-12(11)14(10)13/h3-4,6-8,10,14H,2,5,9H2,1H3. The summed E-state index contributed by atoms with van der Waals surface area (Å²) in [5, 5.41) is 0. The molecule has 0 aromatic heterocycles. The highest BCUT2D eigenvalue weighted by atomic mass is 14.5. The Hall–Kier alpha value is -0.780. The molecule has 1 fully saturated rings. The summed E-state index contributed by atoms with van der Waals surface area (Å²) in [4.78, 5) is 0. The molecular weight excluding hydrogens is 168 g/mol. The Morgan fingerprint density at radius 1 is 1.29 bits per heavy atom. The van der Waals surface area contributed by atoms with Gasteiger partial charge in [-0.25, -0.2) is 0 Å². The first-order chi connectivity index (χ1) is 6.92. The van der Waals surface area contributed by atoms with Gasteiger partial charge in [0, 0.05) is 5.92 Å². The van der Waals surface area contributed by atoms with Gasteiger partial charge < -0.3 is 0 Å². The van der Waals surface area contributed by atoms with E-state index in [4.69, 9.17) is 0 Å². The SMILES string of the molecule is CCC1[CH]CC[C]2c3ccccc3C21. The third-order valence-corrected chi connectivity index (χ3v) is 3.80. The Balaban J connectivity index is 1.98. The molecule has 0 aliphatic heterocycles. The zero-order valence-corrected chi connectivity index (χ0v) is 8.66. The number of fused-ring (bicyclic) bond motifs is 4. The van der Waals surface area contributed by atoms with Crippen LogP contribution in [0.5, 0.6) is 0 Å². The molecule has 0 N–H and O–H groups in total. The van der Waals surface area contributed by atoms with Gasteiger partial charge in [0.25, 0.3) is 0 Å². The maximum Gasteiger partial charge on any atom is 0.0130 e. The van der Waals surface area contributed by atoms with Gasteiger partial charge in [0.15, 0.2) is 0 Å². The molecule has 0 heteroatoms. The van der Waals surface area contributed by atoms with Crippen molar-refractivity contribution in [3.05, 3.63) is 47.7 Å². The number of hydrogen-bond acceptors (Lipinski definition) is 0. The fraction of sp³-hybridized carbons (Fsp3) is 0.429. The molecule has 0 bridgehead atoms. The predicted octanol–water partition coefficient (Wildman–Crippen LogP) is 3.73. The van der Waals surface area contributed by atoms with Crippen LogP contribution >= 0.6 is 0 Å². The van der Waals surface area contributed by atoms with Gasteiger partial charge >= 0.3 is 0 Å². The van der Waals surface area contributed by atoms with Crippen molar-refractivity contribution in [2.24, 2.45) is 5.92 Å². The first-order valence-electron chi connectivity index (χ1n) is 5.70. The lowest BCUT2D eigenvalue weighted by atomic mass is 9.57. The first kappa shape index (κ1) is 8.52. The zero-order chi connectivity index (χ0) is 9.54. The molecule has 2 unspecified atom stereocenters. The van der Waals surface area contributed by atoms with Crippen molar-refractivity contribution in [1.82, 2.24) is 0 Å². The van der Waals surface area contributed by atoms with E-state index >= 15 is 0 Å². The summed E-state index contributed by atoms with van der Waals surface area (Å²) < 4.78 is 0. The van der Waals surface area contributed by atoms with Crippen molar-refractivity contribution in [2.45, 2.75) is 32.1 Å². The monoisotopic (exact) mass is 184 g/mol. The summed E-state index contributed by atoms with van der Waals surface area (Å²) in [5.74, 6) is 3.33. The van der Waals surface area contributed by atoms with Crippen molar-refractivity contribution in [3.63, 3.8) is 0 Å². The van der Waals surface area contributed by atoms with Crippen LogP contribution in [0.15, 0.2) is 24.3 Å². The molecule has 2 atom stereocenters. The van der Waals surface area contributed by atoms with Crippen LogP contribution in [0.3, 0.4) is 0 Å². The third kappa shape index (κ3) is 1.00. The maximum absolute atomic E-state index is 2.53. The minimum Gasteiger partial charge on any atom is -0.0651 e. The van der Waals surface area contributed by atoms with Crippen LogP contribution in [-0.2, 0) is 0 Å². The molecule has 0 saturated heterocycles. The predicted molar refractivity (Wildman–Crippen MR) is 58.8 cm³/mol. The highest BCUT2D eigenvalue weighted by molar-refractivity contribution is 5.57. The quantitative estimate of drug-likeness (QED) is 0.624. The lowest BCUT2D eigenvalue weighted by Crippen LogP contribution is -2.34. The Kier molecular flexibility index (Phi) is 1.90. The molecule has 72 valence electrons. The van der Waals surface area contributed by atoms with Crippen LogP contribution in [-0.4, -0.2) is 0 Å². The summed E-state index contributed by atoms with van der Waals surface area (Å²) in [5.41, 5.74) is 3.16. The average Bonchev–Trinajstić information content (AvgIpc) is 2.24. The zero-order valence-electron chi connectivity index (χ0n) is 8.66. The smallest absolute Gasteiger partial charge is 0.0130 e. The van der Waals surface area contributed by atoms with Gasteiger partial charge in [0.2, 0.25) is 0 Å². The van der Waals surface area contributed by atoms with E-state index in [1.807, 2.05) is 0 Å².